The molecule has 110 valence electrons. The Kier molecular flexibility index (Phi) is 7.63. The molecule has 1 N–H and O–H groups in total. The van der Waals surface area contributed by atoms with Gasteiger partial charge in [0.15, 0.2) is 0 Å². The second-order valence-corrected chi connectivity index (χ2v) is 4.54. The fourth-order valence-corrected chi connectivity index (χ4v) is 1.89. The van der Waals surface area contributed by atoms with Crippen LogP contribution in [0.3, 0.4) is 0 Å². The second-order valence-electron chi connectivity index (χ2n) is 4.54. The van der Waals surface area contributed by atoms with Crippen LogP contribution in [-0.4, -0.2) is 20.7 Å². The van der Waals surface area contributed by atoms with Crippen LogP contribution >= 0.6 is 0 Å². The highest BCUT2D eigenvalue weighted by atomic mass is 16.5. The molecule has 0 radical (unpaired) electrons. The highest BCUT2D eigenvalue weighted by Crippen LogP contribution is 2.21. The van der Waals surface area contributed by atoms with E-state index in [2.05, 4.69) is 23.5 Å². The van der Waals surface area contributed by atoms with Crippen molar-refractivity contribution in [2.45, 2.75) is 13.3 Å². The van der Waals surface area contributed by atoms with E-state index < -0.39 is 0 Å². The van der Waals surface area contributed by atoms with Crippen LogP contribution < -0.4 is 10.1 Å². The first-order valence-corrected chi connectivity index (χ1v) is 7.03. The number of hydrogen-bond donors (Lipinski definition) is 1. The molecule has 2 rings (SSSR count). The molecule has 0 unspecified atom stereocenters. The summed E-state index contributed by atoms with van der Waals surface area (Å²) >= 11 is 0. The molecule has 0 heterocycles. The summed E-state index contributed by atoms with van der Waals surface area (Å²) in [6.07, 6.45) is 0.835. The third kappa shape index (κ3) is 5.68. The van der Waals surface area contributed by atoms with Gasteiger partial charge >= 0.3 is 0 Å². The maximum absolute atomic E-state index is 9.11. The van der Waals surface area contributed by atoms with Crippen molar-refractivity contribution in [3.05, 3.63) is 65.2 Å². The molecule has 2 aromatic carbocycles. The van der Waals surface area contributed by atoms with Gasteiger partial charge in [0.05, 0.1) is 12.2 Å². The van der Waals surface area contributed by atoms with Gasteiger partial charge in [0, 0.05) is 0 Å². The van der Waals surface area contributed by atoms with Gasteiger partial charge in [-0.15, -0.1) is 0 Å². The molecule has 0 aliphatic carbocycles. The average Bonchev–Trinajstić information content (AvgIpc) is 2.51. The van der Waals surface area contributed by atoms with Gasteiger partial charge in [-0.05, 0) is 50.7 Å². The zero-order valence-electron chi connectivity index (χ0n) is 12.9. The van der Waals surface area contributed by atoms with Crippen molar-refractivity contribution in [3.8, 4) is 11.8 Å². The fourth-order valence-electron chi connectivity index (χ4n) is 1.89. The quantitative estimate of drug-likeness (QED) is 0.935. The molecule has 0 fully saturated rings. The third-order valence-electron chi connectivity index (χ3n) is 2.72. The molecule has 0 aliphatic rings. The molecule has 0 aromatic heterocycles. The Morgan fingerprint density at radius 1 is 1.05 bits per heavy atom. The van der Waals surface area contributed by atoms with E-state index in [1.807, 2.05) is 57.4 Å². The predicted octanol–water partition coefficient (Wildman–Crippen LogP) is 3.38. The Morgan fingerprint density at radius 2 is 1.71 bits per heavy atom. The minimum atomic E-state index is 0.576. The van der Waals surface area contributed by atoms with Crippen molar-refractivity contribution in [3.63, 3.8) is 0 Å². The van der Waals surface area contributed by atoms with Crippen LogP contribution in [0.1, 0.15) is 23.6 Å². The molecule has 0 bridgehead atoms. The molecule has 0 saturated heterocycles. The molecule has 3 heteroatoms. The Bertz CT molecular complexity index is 574. The number of nitrogens with one attached hydrogen (secondary N) is 1. The first-order valence-electron chi connectivity index (χ1n) is 7.03. The van der Waals surface area contributed by atoms with E-state index >= 15 is 0 Å². The monoisotopic (exact) mass is 282 g/mol. The molecular formula is C18H22N2O. The van der Waals surface area contributed by atoms with Gasteiger partial charge in [-0.25, -0.2) is 0 Å². The summed E-state index contributed by atoms with van der Waals surface area (Å²) in [5.41, 5.74) is 2.97. The standard InChI is InChI=1S/C16H15NO.C2H7N/c1-2-18-16-9-8-14(11-15(16)12-17)10-13-6-4-3-5-7-13;1-3-2/h3-9,11H,2,10H2,1H3;3H,1-2H3. The summed E-state index contributed by atoms with van der Waals surface area (Å²) in [7, 11) is 3.75. The van der Waals surface area contributed by atoms with E-state index in [1.54, 1.807) is 0 Å². The number of rotatable bonds is 4. The SMILES string of the molecule is CCOc1ccc(Cc2ccccc2)cc1C#N.CNC. The third-order valence-corrected chi connectivity index (χ3v) is 2.72. The minimum Gasteiger partial charge on any atom is -0.492 e. The number of ether oxygens (including phenoxy) is 1. The van der Waals surface area contributed by atoms with E-state index in [9.17, 15) is 0 Å². The van der Waals surface area contributed by atoms with Crippen molar-refractivity contribution in [2.24, 2.45) is 0 Å². The average molecular weight is 282 g/mol. The maximum atomic E-state index is 9.11. The van der Waals surface area contributed by atoms with Crippen molar-refractivity contribution in [1.29, 1.82) is 5.26 Å². The van der Waals surface area contributed by atoms with Crippen molar-refractivity contribution >= 4 is 0 Å². The lowest BCUT2D eigenvalue weighted by molar-refractivity contribution is 0.339. The van der Waals surface area contributed by atoms with Crippen molar-refractivity contribution in [1.82, 2.24) is 5.32 Å². The molecule has 0 saturated carbocycles. The van der Waals surface area contributed by atoms with E-state index in [0.717, 1.165) is 12.0 Å². The highest BCUT2D eigenvalue weighted by molar-refractivity contribution is 5.46. The van der Waals surface area contributed by atoms with Crippen LogP contribution in [0.2, 0.25) is 0 Å². The van der Waals surface area contributed by atoms with Gasteiger partial charge in [-0.1, -0.05) is 36.4 Å². The Morgan fingerprint density at radius 3 is 2.29 bits per heavy atom. The molecule has 2 aromatic rings. The molecule has 0 aliphatic heterocycles. The van der Waals surface area contributed by atoms with Crippen LogP contribution in [0.5, 0.6) is 5.75 Å². The predicted molar refractivity (Wildman–Crippen MR) is 86.6 cm³/mol. The molecule has 3 nitrogen and oxygen atoms in total. The smallest absolute Gasteiger partial charge is 0.137 e. The summed E-state index contributed by atoms with van der Waals surface area (Å²) in [5, 5.41) is 11.9. The number of hydrogen-bond acceptors (Lipinski definition) is 3. The Balaban J connectivity index is 0.000000677. The minimum absolute atomic E-state index is 0.576. The van der Waals surface area contributed by atoms with Gasteiger partial charge < -0.3 is 10.1 Å². The lowest BCUT2D eigenvalue weighted by atomic mass is 10.0. The van der Waals surface area contributed by atoms with E-state index in [-0.39, 0.29) is 0 Å². The normalized spacial score (nSPS) is 9.24. The van der Waals surface area contributed by atoms with Crippen molar-refractivity contribution < 1.29 is 4.74 Å². The molecular weight excluding hydrogens is 260 g/mol. The largest absolute Gasteiger partial charge is 0.492 e. The van der Waals surface area contributed by atoms with Crippen LogP contribution in [0.4, 0.5) is 0 Å². The van der Waals surface area contributed by atoms with Crippen LogP contribution in [-0.2, 0) is 6.42 Å². The van der Waals surface area contributed by atoms with Crippen LogP contribution in [0.25, 0.3) is 0 Å². The van der Waals surface area contributed by atoms with Gasteiger partial charge in [0.25, 0.3) is 0 Å². The van der Waals surface area contributed by atoms with Gasteiger partial charge in [-0.3, -0.25) is 0 Å². The second kappa shape index (κ2) is 9.57. The van der Waals surface area contributed by atoms with E-state index in [1.165, 1.54) is 5.56 Å². The molecule has 0 spiro atoms. The summed E-state index contributed by atoms with van der Waals surface area (Å²) in [4.78, 5) is 0. The molecule has 0 amide bonds. The lowest BCUT2D eigenvalue weighted by Gasteiger charge is -2.07. The molecule has 21 heavy (non-hydrogen) atoms. The van der Waals surface area contributed by atoms with Crippen LogP contribution in [0.15, 0.2) is 48.5 Å². The summed E-state index contributed by atoms with van der Waals surface area (Å²) < 4.78 is 5.41. The zero-order valence-corrected chi connectivity index (χ0v) is 12.9. The topological polar surface area (TPSA) is 45.0 Å². The van der Waals surface area contributed by atoms with Gasteiger partial charge in [0.2, 0.25) is 0 Å². The van der Waals surface area contributed by atoms with E-state index in [4.69, 9.17) is 10.00 Å². The number of benzene rings is 2. The lowest BCUT2D eigenvalue weighted by Crippen LogP contribution is -1.96. The first kappa shape index (κ1) is 16.7. The molecule has 0 atom stereocenters. The zero-order chi connectivity index (χ0) is 15.5. The maximum Gasteiger partial charge on any atom is 0.137 e. The van der Waals surface area contributed by atoms with Crippen molar-refractivity contribution in [2.75, 3.05) is 20.7 Å². The first-order chi connectivity index (χ1) is 10.2. The fraction of sp³-hybridized carbons (Fsp3) is 0.278. The number of nitriles is 1. The summed E-state index contributed by atoms with van der Waals surface area (Å²) in [6.45, 7) is 2.49. The Hall–Kier alpha value is -2.31. The summed E-state index contributed by atoms with van der Waals surface area (Å²) in [6, 6.07) is 18.2. The summed E-state index contributed by atoms with van der Waals surface area (Å²) in [5.74, 6) is 0.664. The number of nitrogens with zero attached hydrogens (tertiary/aromatic N) is 1. The van der Waals surface area contributed by atoms with Gasteiger partial charge in [0.1, 0.15) is 11.8 Å². The Labute approximate surface area is 127 Å². The van der Waals surface area contributed by atoms with E-state index in [0.29, 0.717) is 17.9 Å². The van der Waals surface area contributed by atoms with Crippen LogP contribution in [0, 0.1) is 11.3 Å². The van der Waals surface area contributed by atoms with Gasteiger partial charge in [-0.2, -0.15) is 5.26 Å². The highest BCUT2D eigenvalue weighted by Gasteiger charge is 2.04.